The molecule has 8 heteroatoms. The fraction of sp³-hybridized carbons (Fsp3) is 0.227. The lowest BCUT2D eigenvalue weighted by molar-refractivity contribution is -0.139. The van der Waals surface area contributed by atoms with Crippen LogP contribution in [0.1, 0.15) is 13.3 Å². The Balaban J connectivity index is 1.95. The molecule has 0 aliphatic carbocycles. The molecule has 1 amide bonds. The van der Waals surface area contributed by atoms with Crippen LogP contribution in [0, 0.1) is 0 Å². The van der Waals surface area contributed by atoms with Crippen LogP contribution in [0.25, 0.3) is 22.3 Å². The summed E-state index contributed by atoms with van der Waals surface area (Å²) >= 11 is 1.54. The molecule has 7 nitrogen and oxygen atoms in total. The van der Waals surface area contributed by atoms with Gasteiger partial charge in [0.1, 0.15) is 34.3 Å². The Morgan fingerprint density at radius 3 is 2.60 bits per heavy atom. The molecule has 0 fully saturated rings. The highest BCUT2D eigenvalue weighted by atomic mass is 32.2. The maximum Gasteiger partial charge on any atom is 0.334 e. The van der Waals surface area contributed by atoms with Crippen LogP contribution in [-0.2, 0) is 9.59 Å². The van der Waals surface area contributed by atoms with E-state index in [0.717, 1.165) is 0 Å². The number of carbonyl (C=O) groups is 2. The van der Waals surface area contributed by atoms with Gasteiger partial charge in [0.15, 0.2) is 5.43 Å². The van der Waals surface area contributed by atoms with Crippen molar-refractivity contribution in [2.24, 2.45) is 0 Å². The van der Waals surface area contributed by atoms with Crippen molar-refractivity contribution >= 4 is 34.6 Å². The predicted molar refractivity (Wildman–Crippen MR) is 116 cm³/mol. The maximum absolute atomic E-state index is 12.5. The van der Waals surface area contributed by atoms with Crippen LogP contribution in [0.5, 0.6) is 11.5 Å². The minimum Gasteiger partial charge on any atom is -0.507 e. The Hall–Kier alpha value is -3.26. The van der Waals surface area contributed by atoms with E-state index in [9.17, 15) is 19.5 Å². The van der Waals surface area contributed by atoms with E-state index in [1.54, 1.807) is 12.1 Å². The number of phenolic OH excluding ortho intramolecular Hbond substituents is 1. The number of carbonyl (C=O) groups excluding carboxylic acids is 2. The van der Waals surface area contributed by atoms with Crippen molar-refractivity contribution < 1.29 is 23.8 Å². The van der Waals surface area contributed by atoms with Crippen LogP contribution in [0.3, 0.4) is 0 Å². The largest absolute Gasteiger partial charge is 0.507 e. The highest BCUT2D eigenvalue weighted by molar-refractivity contribution is 7.98. The number of benzene rings is 2. The first-order chi connectivity index (χ1) is 14.4. The Morgan fingerprint density at radius 1 is 1.20 bits per heavy atom. The molecule has 1 atom stereocenters. The Labute approximate surface area is 177 Å². The Bertz CT molecular complexity index is 1130. The molecule has 2 aromatic carbocycles. The van der Waals surface area contributed by atoms with Gasteiger partial charge in [-0.15, -0.1) is 0 Å². The van der Waals surface area contributed by atoms with Gasteiger partial charge in [-0.3, -0.25) is 9.59 Å². The number of esters is 1. The third kappa shape index (κ3) is 5.01. The molecule has 0 aliphatic rings. The molecule has 1 aromatic heterocycles. The van der Waals surface area contributed by atoms with Gasteiger partial charge in [-0.05, 0) is 18.4 Å². The average Bonchev–Trinajstić information content (AvgIpc) is 2.70. The van der Waals surface area contributed by atoms with Gasteiger partial charge in [-0.25, -0.2) is 4.79 Å². The van der Waals surface area contributed by atoms with E-state index >= 15 is 0 Å². The molecule has 2 N–H and O–H groups in total. The molecule has 0 saturated carbocycles. The van der Waals surface area contributed by atoms with E-state index in [2.05, 4.69) is 5.32 Å². The van der Waals surface area contributed by atoms with Crippen molar-refractivity contribution in [2.75, 3.05) is 12.0 Å². The van der Waals surface area contributed by atoms with Crippen LogP contribution in [0.2, 0.25) is 0 Å². The van der Waals surface area contributed by atoms with Crippen molar-refractivity contribution in [3.63, 3.8) is 0 Å². The number of hydrogen-bond acceptors (Lipinski definition) is 7. The monoisotopic (exact) mass is 427 g/mol. The van der Waals surface area contributed by atoms with E-state index in [-0.39, 0.29) is 28.4 Å². The zero-order valence-electron chi connectivity index (χ0n) is 16.5. The number of phenols is 1. The predicted octanol–water partition coefficient (Wildman–Crippen LogP) is 3.33. The van der Waals surface area contributed by atoms with Crippen molar-refractivity contribution in [3.05, 3.63) is 58.8 Å². The molecule has 0 spiro atoms. The number of fused-ring (bicyclic) bond motifs is 1. The summed E-state index contributed by atoms with van der Waals surface area (Å²) in [7, 11) is 0. The van der Waals surface area contributed by atoms with Gasteiger partial charge < -0.3 is 19.6 Å². The van der Waals surface area contributed by atoms with E-state index in [4.69, 9.17) is 9.15 Å². The lowest BCUT2D eigenvalue weighted by atomic mass is 10.1. The zero-order valence-corrected chi connectivity index (χ0v) is 17.3. The molecule has 156 valence electrons. The second-order valence-corrected chi connectivity index (χ2v) is 7.60. The summed E-state index contributed by atoms with van der Waals surface area (Å²) in [6.07, 6.45) is 2.29. The smallest absolute Gasteiger partial charge is 0.334 e. The molecule has 3 aromatic rings. The fourth-order valence-corrected chi connectivity index (χ4v) is 3.44. The average molecular weight is 427 g/mol. The van der Waals surface area contributed by atoms with Crippen molar-refractivity contribution in [1.82, 2.24) is 5.32 Å². The summed E-state index contributed by atoms with van der Waals surface area (Å²) < 4.78 is 11.2. The third-order valence-corrected chi connectivity index (χ3v) is 4.98. The van der Waals surface area contributed by atoms with Crippen LogP contribution in [0.15, 0.2) is 57.7 Å². The molecule has 1 heterocycles. The van der Waals surface area contributed by atoms with Gasteiger partial charge in [0.05, 0.1) is 0 Å². The number of amides is 1. The number of hydrogen-bond donors (Lipinski definition) is 2. The van der Waals surface area contributed by atoms with E-state index in [1.165, 1.54) is 36.9 Å². The highest BCUT2D eigenvalue weighted by Crippen LogP contribution is 2.31. The minimum absolute atomic E-state index is 0.00438. The molecule has 3 rings (SSSR count). The number of rotatable bonds is 7. The van der Waals surface area contributed by atoms with E-state index in [0.29, 0.717) is 23.5 Å². The van der Waals surface area contributed by atoms with Crippen molar-refractivity contribution in [2.45, 2.75) is 19.4 Å². The molecule has 30 heavy (non-hydrogen) atoms. The Kier molecular flexibility index (Phi) is 6.79. The van der Waals surface area contributed by atoms with Gasteiger partial charge >= 0.3 is 5.97 Å². The topological polar surface area (TPSA) is 106 Å². The number of ether oxygens (including phenoxy) is 1. The Morgan fingerprint density at radius 2 is 1.93 bits per heavy atom. The summed E-state index contributed by atoms with van der Waals surface area (Å²) in [6, 6.07) is 12.1. The van der Waals surface area contributed by atoms with Crippen molar-refractivity contribution in [1.29, 1.82) is 0 Å². The number of thioether (sulfide) groups is 1. The van der Waals surface area contributed by atoms with Gasteiger partial charge in [0.25, 0.3) is 0 Å². The first-order valence-electron chi connectivity index (χ1n) is 9.23. The molecule has 0 aliphatic heterocycles. The van der Waals surface area contributed by atoms with Crippen LogP contribution < -0.4 is 15.5 Å². The van der Waals surface area contributed by atoms with Crippen molar-refractivity contribution in [3.8, 4) is 22.8 Å². The lowest BCUT2D eigenvalue weighted by Crippen LogP contribution is -2.42. The normalized spacial score (nSPS) is 11.8. The molecule has 0 radical (unpaired) electrons. The first-order valence-corrected chi connectivity index (χ1v) is 10.6. The summed E-state index contributed by atoms with van der Waals surface area (Å²) in [5.41, 5.74) is 0.368. The third-order valence-electron chi connectivity index (χ3n) is 4.33. The SMILES string of the molecule is CSCC[C@@H](NC(C)=O)C(=O)Oc1cc(O)c2c(=O)cc(-c3ccccc3)oc2c1. The summed E-state index contributed by atoms with van der Waals surface area (Å²) in [6.45, 7) is 1.32. The lowest BCUT2D eigenvalue weighted by Gasteiger charge is -2.16. The highest BCUT2D eigenvalue weighted by Gasteiger charge is 2.22. The minimum atomic E-state index is -0.824. The van der Waals surface area contributed by atoms with Gasteiger partial charge in [0.2, 0.25) is 5.91 Å². The molecule has 0 bridgehead atoms. The quantitative estimate of drug-likeness (QED) is 0.440. The van der Waals surface area contributed by atoms with Gasteiger partial charge in [0, 0.05) is 30.7 Å². The van der Waals surface area contributed by atoms with E-state index < -0.39 is 17.4 Å². The van der Waals surface area contributed by atoms with Crippen LogP contribution in [-0.4, -0.2) is 35.0 Å². The maximum atomic E-state index is 12.5. The van der Waals surface area contributed by atoms with E-state index in [1.807, 2.05) is 24.5 Å². The molecular weight excluding hydrogens is 406 g/mol. The van der Waals surface area contributed by atoms with Crippen LogP contribution in [0.4, 0.5) is 0 Å². The second-order valence-electron chi connectivity index (χ2n) is 6.61. The van der Waals surface area contributed by atoms with Crippen LogP contribution >= 0.6 is 11.8 Å². The second kappa shape index (κ2) is 9.49. The summed E-state index contributed by atoms with van der Waals surface area (Å²) in [5.74, 6) is -0.385. The molecule has 0 unspecified atom stereocenters. The first kappa shape index (κ1) is 21.4. The molecular formula is C22H21NO6S. The fourth-order valence-electron chi connectivity index (χ4n) is 2.96. The summed E-state index contributed by atoms with van der Waals surface area (Å²) in [5, 5.41) is 12.9. The summed E-state index contributed by atoms with van der Waals surface area (Å²) in [4.78, 5) is 36.4. The standard InChI is InChI=1S/C22H21NO6S/c1-13(24)23-16(8-9-30-2)22(27)28-15-10-17(25)21-18(26)12-19(29-20(21)11-15)14-6-4-3-5-7-14/h3-7,10-12,16,25H,8-9H2,1-2H3,(H,23,24)/t16-/m1/s1. The number of nitrogens with one attached hydrogen (secondary N) is 1. The zero-order chi connectivity index (χ0) is 21.7. The van der Waals surface area contributed by atoms with Gasteiger partial charge in [-0.2, -0.15) is 11.8 Å². The van der Waals surface area contributed by atoms with Gasteiger partial charge in [-0.1, -0.05) is 30.3 Å². The number of aromatic hydroxyl groups is 1. The molecule has 0 saturated heterocycles.